The van der Waals surface area contributed by atoms with Gasteiger partial charge in [-0.15, -0.1) is 0 Å². The minimum Gasteiger partial charge on any atom is -0.325 e. The summed E-state index contributed by atoms with van der Waals surface area (Å²) in [5, 5.41) is 3.30. The Kier molecular flexibility index (Phi) is 4.11. The predicted octanol–water partition coefficient (Wildman–Crippen LogP) is 3.33. The first-order valence-corrected chi connectivity index (χ1v) is 7.46. The topological polar surface area (TPSA) is 49.4 Å². The molecule has 0 saturated carbocycles. The van der Waals surface area contributed by atoms with Crippen LogP contribution < -0.4 is 10.2 Å². The summed E-state index contributed by atoms with van der Waals surface area (Å²) in [5.41, 5.74) is 1.43. The average molecular weight is 315 g/mol. The fraction of sp³-hybridized carbons (Fsp3) is 0.176. The van der Waals surface area contributed by atoms with Crippen molar-refractivity contribution in [1.82, 2.24) is 0 Å². The Bertz CT molecular complexity index is 703. The Morgan fingerprint density at radius 3 is 2.64 bits per heavy atom. The lowest BCUT2D eigenvalue weighted by molar-refractivity contribution is -0.129. The molecule has 2 amide bonds. The van der Waals surface area contributed by atoms with E-state index in [9.17, 15) is 9.59 Å². The molecule has 1 heterocycles. The summed E-state index contributed by atoms with van der Waals surface area (Å²) in [6, 6.07) is 16.3. The smallest absolute Gasteiger partial charge is 0.239 e. The van der Waals surface area contributed by atoms with E-state index in [0.717, 1.165) is 5.69 Å². The Morgan fingerprint density at radius 1 is 1.14 bits per heavy atom. The Hall–Kier alpha value is -2.33. The number of benzene rings is 2. The first kappa shape index (κ1) is 14.6. The molecule has 1 atom stereocenters. The Morgan fingerprint density at radius 2 is 1.91 bits per heavy atom. The first-order valence-electron chi connectivity index (χ1n) is 7.08. The van der Waals surface area contributed by atoms with Gasteiger partial charge in [-0.2, -0.15) is 0 Å². The van der Waals surface area contributed by atoms with Crippen LogP contribution >= 0.6 is 11.6 Å². The van der Waals surface area contributed by atoms with Gasteiger partial charge in [-0.05, 0) is 36.8 Å². The quantitative estimate of drug-likeness (QED) is 0.883. The van der Waals surface area contributed by atoms with Crippen molar-refractivity contribution >= 4 is 34.8 Å². The molecule has 2 aromatic rings. The molecule has 2 aromatic carbocycles. The van der Waals surface area contributed by atoms with Crippen molar-refractivity contribution in [2.75, 3.05) is 16.8 Å². The lowest BCUT2D eigenvalue weighted by Crippen LogP contribution is -2.33. The van der Waals surface area contributed by atoms with Gasteiger partial charge in [0, 0.05) is 22.9 Å². The highest BCUT2D eigenvalue weighted by Gasteiger charge is 2.37. The van der Waals surface area contributed by atoms with E-state index in [1.54, 1.807) is 29.2 Å². The molecule has 1 N–H and O–H groups in total. The van der Waals surface area contributed by atoms with E-state index in [1.165, 1.54) is 0 Å². The minimum atomic E-state index is -0.654. The molecule has 112 valence electrons. The summed E-state index contributed by atoms with van der Waals surface area (Å²) in [5.74, 6) is -1.10. The number of carbonyl (C=O) groups excluding carboxylic acids is 2. The molecule has 0 aliphatic carbocycles. The second kappa shape index (κ2) is 6.20. The van der Waals surface area contributed by atoms with E-state index < -0.39 is 5.92 Å². The largest absolute Gasteiger partial charge is 0.325 e. The lowest BCUT2D eigenvalue weighted by Gasteiger charge is -2.16. The molecule has 4 nitrogen and oxygen atoms in total. The van der Waals surface area contributed by atoms with Gasteiger partial charge in [0.25, 0.3) is 0 Å². The molecule has 0 bridgehead atoms. The summed E-state index contributed by atoms with van der Waals surface area (Å²) >= 11 is 5.89. The third-order valence-corrected chi connectivity index (χ3v) is 3.92. The number of rotatable bonds is 3. The number of anilines is 2. The van der Waals surface area contributed by atoms with Gasteiger partial charge in [-0.3, -0.25) is 9.59 Å². The van der Waals surface area contributed by atoms with Crippen LogP contribution in [0.3, 0.4) is 0 Å². The zero-order valence-corrected chi connectivity index (χ0v) is 12.6. The van der Waals surface area contributed by atoms with Crippen LogP contribution in [0.2, 0.25) is 5.02 Å². The molecule has 0 aromatic heterocycles. The zero-order valence-electron chi connectivity index (χ0n) is 11.8. The van der Waals surface area contributed by atoms with Crippen molar-refractivity contribution in [3.8, 4) is 0 Å². The van der Waals surface area contributed by atoms with Crippen molar-refractivity contribution < 1.29 is 9.59 Å². The van der Waals surface area contributed by atoms with Gasteiger partial charge < -0.3 is 10.2 Å². The maximum absolute atomic E-state index is 12.4. The summed E-state index contributed by atoms with van der Waals surface area (Å²) in [6.07, 6.45) is 0.514. The van der Waals surface area contributed by atoms with E-state index in [-0.39, 0.29) is 11.8 Å². The summed E-state index contributed by atoms with van der Waals surface area (Å²) in [4.78, 5) is 26.4. The number of para-hydroxylation sites is 1. The number of nitrogens with one attached hydrogen (secondary N) is 1. The maximum atomic E-state index is 12.4. The monoisotopic (exact) mass is 314 g/mol. The average Bonchev–Trinajstić information content (AvgIpc) is 2.90. The van der Waals surface area contributed by atoms with Gasteiger partial charge in [0.15, 0.2) is 0 Å². The number of hydrogen-bond acceptors (Lipinski definition) is 2. The first-order chi connectivity index (χ1) is 10.6. The van der Waals surface area contributed by atoms with E-state index in [0.29, 0.717) is 23.7 Å². The highest BCUT2D eigenvalue weighted by atomic mass is 35.5. The molecule has 1 aliphatic heterocycles. The molecule has 1 aliphatic rings. The van der Waals surface area contributed by atoms with Crippen LogP contribution in [0.1, 0.15) is 6.42 Å². The van der Waals surface area contributed by atoms with Crippen molar-refractivity contribution in [2.24, 2.45) is 5.92 Å². The van der Waals surface area contributed by atoms with E-state index >= 15 is 0 Å². The summed E-state index contributed by atoms with van der Waals surface area (Å²) in [6.45, 7) is 0.552. The van der Waals surface area contributed by atoms with Crippen LogP contribution in [0.4, 0.5) is 11.4 Å². The molecular weight excluding hydrogens is 300 g/mol. The fourth-order valence-corrected chi connectivity index (χ4v) is 2.77. The SMILES string of the molecule is O=C(Nc1cccc(Cl)c1)C1CCN(c2ccccc2)C1=O. The van der Waals surface area contributed by atoms with E-state index in [1.807, 2.05) is 30.3 Å². The Labute approximate surface area is 133 Å². The normalized spacial score (nSPS) is 17.6. The van der Waals surface area contributed by atoms with Crippen LogP contribution in [0, 0.1) is 5.92 Å². The van der Waals surface area contributed by atoms with E-state index in [4.69, 9.17) is 11.6 Å². The van der Waals surface area contributed by atoms with E-state index in [2.05, 4.69) is 5.32 Å². The van der Waals surface area contributed by atoms with Crippen LogP contribution in [-0.2, 0) is 9.59 Å². The van der Waals surface area contributed by atoms with Crippen molar-refractivity contribution in [1.29, 1.82) is 0 Å². The van der Waals surface area contributed by atoms with Crippen LogP contribution in [0.25, 0.3) is 0 Å². The van der Waals surface area contributed by atoms with Crippen LogP contribution in [0.5, 0.6) is 0 Å². The van der Waals surface area contributed by atoms with Crippen LogP contribution in [-0.4, -0.2) is 18.4 Å². The van der Waals surface area contributed by atoms with Crippen LogP contribution in [0.15, 0.2) is 54.6 Å². The summed E-state index contributed by atoms with van der Waals surface area (Å²) in [7, 11) is 0. The Balaban J connectivity index is 1.71. The zero-order chi connectivity index (χ0) is 15.5. The van der Waals surface area contributed by atoms with Gasteiger partial charge in [-0.25, -0.2) is 0 Å². The standard InChI is InChI=1S/C17H15ClN2O2/c18-12-5-4-6-13(11-12)19-16(21)15-9-10-20(17(15)22)14-7-2-1-3-8-14/h1-8,11,15H,9-10H2,(H,19,21). The van der Waals surface area contributed by atoms with Crippen molar-refractivity contribution in [3.05, 3.63) is 59.6 Å². The van der Waals surface area contributed by atoms with Gasteiger partial charge in [0.1, 0.15) is 5.92 Å². The predicted molar refractivity (Wildman–Crippen MR) is 87.0 cm³/mol. The summed E-state index contributed by atoms with van der Waals surface area (Å²) < 4.78 is 0. The van der Waals surface area contributed by atoms with Crippen molar-refractivity contribution in [3.63, 3.8) is 0 Å². The molecular formula is C17H15ClN2O2. The molecule has 0 radical (unpaired) electrons. The fourth-order valence-electron chi connectivity index (χ4n) is 2.58. The highest BCUT2D eigenvalue weighted by molar-refractivity contribution is 6.31. The van der Waals surface area contributed by atoms with Gasteiger partial charge in [0.05, 0.1) is 0 Å². The maximum Gasteiger partial charge on any atom is 0.239 e. The molecule has 1 unspecified atom stereocenters. The third kappa shape index (κ3) is 2.97. The van der Waals surface area contributed by atoms with Gasteiger partial charge in [-0.1, -0.05) is 35.9 Å². The molecule has 0 spiro atoms. The van der Waals surface area contributed by atoms with Crippen molar-refractivity contribution in [2.45, 2.75) is 6.42 Å². The minimum absolute atomic E-state index is 0.161. The lowest BCUT2D eigenvalue weighted by atomic mass is 10.1. The molecule has 22 heavy (non-hydrogen) atoms. The molecule has 5 heteroatoms. The molecule has 1 fully saturated rings. The number of nitrogens with zero attached hydrogens (tertiary/aromatic N) is 1. The second-order valence-corrected chi connectivity index (χ2v) is 5.60. The van der Waals surface area contributed by atoms with Gasteiger partial charge in [0.2, 0.25) is 11.8 Å². The van der Waals surface area contributed by atoms with Gasteiger partial charge >= 0.3 is 0 Å². The molecule has 3 rings (SSSR count). The second-order valence-electron chi connectivity index (χ2n) is 5.17. The number of carbonyl (C=O) groups is 2. The number of amides is 2. The highest BCUT2D eigenvalue weighted by Crippen LogP contribution is 2.26. The third-order valence-electron chi connectivity index (χ3n) is 3.68. The number of hydrogen-bond donors (Lipinski definition) is 1. The number of halogens is 1. The molecule has 1 saturated heterocycles.